The third-order valence-corrected chi connectivity index (χ3v) is 12.1. The third-order valence-electron chi connectivity index (χ3n) is 11.1. The van der Waals surface area contributed by atoms with Gasteiger partial charge in [-0.1, -0.05) is 167 Å². The number of carbonyl (C=O) groups excluding carboxylic acids is 2. The lowest BCUT2D eigenvalue weighted by molar-refractivity contribution is -0.220. The van der Waals surface area contributed by atoms with Crippen LogP contribution in [0.3, 0.4) is 0 Å². The molecule has 0 heterocycles. The van der Waals surface area contributed by atoms with Gasteiger partial charge >= 0.3 is 19.8 Å². The molecule has 0 saturated heterocycles. The van der Waals surface area contributed by atoms with Crippen LogP contribution in [0.5, 0.6) is 0 Å². The number of phosphoric ester groups is 1. The molecule has 13 nitrogen and oxygen atoms in total. The van der Waals surface area contributed by atoms with Crippen molar-refractivity contribution >= 4 is 19.8 Å². The summed E-state index contributed by atoms with van der Waals surface area (Å²) in [6.07, 6.45) is 24.1. The van der Waals surface area contributed by atoms with Crippen LogP contribution >= 0.6 is 7.82 Å². The number of allylic oxidation sites excluding steroid dienone is 2. The first-order chi connectivity index (χ1) is 28.4. The lowest BCUT2D eigenvalue weighted by atomic mass is 9.85. The van der Waals surface area contributed by atoms with E-state index in [1.54, 1.807) is 0 Å². The van der Waals surface area contributed by atoms with Crippen molar-refractivity contribution in [3.05, 3.63) is 12.2 Å². The average Bonchev–Trinajstić information content (AvgIpc) is 3.21. The summed E-state index contributed by atoms with van der Waals surface area (Å²) in [6.45, 7) is 3.30. The van der Waals surface area contributed by atoms with Gasteiger partial charge in [0.15, 0.2) is 6.10 Å². The molecular formula is C45H85O13P. The zero-order valence-electron chi connectivity index (χ0n) is 36.8. The van der Waals surface area contributed by atoms with Crippen LogP contribution in [0.15, 0.2) is 12.2 Å². The maximum absolute atomic E-state index is 12.8. The Hall–Kier alpha value is -1.41. The topological polar surface area (TPSA) is 210 Å². The number of rotatable bonds is 39. The molecule has 6 atom stereocenters. The molecule has 59 heavy (non-hydrogen) atoms. The fraction of sp³-hybridized carbons (Fsp3) is 0.911. The molecular weight excluding hydrogens is 779 g/mol. The molecule has 1 aliphatic rings. The van der Waals surface area contributed by atoms with E-state index in [0.29, 0.717) is 12.8 Å². The lowest BCUT2D eigenvalue weighted by Gasteiger charge is -2.41. The first-order valence-electron chi connectivity index (χ1n) is 23.5. The number of aliphatic hydroxyl groups excluding tert-OH is 5. The number of hydrogen-bond acceptors (Lipinski definition) is 12. The van der Waals surface area contributed by atoms with E-state index >= 15 is 0 Å². The normalized spacial score (nSPS) is 22.4. The second kappa shape index (κ2) is 36.1. The fourth-order valence-corrected chi connectivity index (χ4v) is 8.26. The van der Waals surface area contributed by atoms with E-state index < -0.39 is 75.7 Å². The number of esters is 2. The van der Waals surface area contributed by atoms with Gasteiger partial charge in [0.25, 0.3) is 0 Å². The first kappa shape index (κ1) is 55.6. The molecule has 0 aromatic heterocycles. The molecule has 1 aliphatic carbocycles. The molecule has 0 aliphatic heterocycles. The van der Waals surface area contributed by atoms with Gasteiger partial charge in [-0.25, -0.2) is 4.57 Å². The minimum absolute atomic E-state index is 0.0910. The smallest absolute Gasteiger partial charge is 0.462 e. The highest BCUT2D eigenvalue weighted by Crippen LogP contribution is 2.47. The van der Waals surface area contributed by atoms with Crippen LogP contribution in [-0.2, 0) is 32.7 Å². The number of hydrogen-bond donors (Lipinski definition) is 6. The summed E-state index contributed by atoms with van der Waals surface area (Å²) in [4.78, 5) is 35.7. The third kappa shape index (κ3) is 28.7. The summed E-state index contributed by atoms with van der Waals surface area (Å²) < 4.78 is 33.5. The lowest BCUT2D eigenvalue weighted by Crippen LogP contribution is -2.64. The highest BCUT2D eigenvalue weighted by Gasteiger charge is 2.51. The maximum Gasteiger partial charge on any atom is 0.472 e. The molecule has 0 bridgehead atoms. The molecule has 0 aromatic carbocycles. The van der Waals surface area contributed by atoms with Crippen LogP contribution in [-0.4, -0.2) is 98.3 Å². The van der Waals surface area contributed by atoms with Crippen LogP contribution in [0.1, 0.15) is 206 Å². The first-order valence-corrected chi connectivity index (χ1v) is 25.0. The maximum atomic E-state index is 12.8. The molecule has 348 valence electrons. The Morgan fingerprint density at radius 3 is 1.29 bits per heavy atom. The van der Waals surface area contributed by atoms with Gasteiger partial charge in [-0.05, 0) is 38.5 Å². The average molecular weight is 865 g/mol. The summed E-state index contributed by atoms with van der Waals surface area (Å²) in [7, 11) is -5.11. The van der Waals surface area contributed by atoms with Crippen LogP contribution in [0.4, 0.5) is 0 Å². The van der Waals surface area contributed by atoms with Gasteiger partial charge in [0.2, 0.25) is 0 Å². The Bertz CT molecular complexity index is 1090. The zero-order valence-corrected chi connectivity index (χ0v) is 37.7. The van der Waals surface area contributed by atoms with Crippen LogP contribution < -0.4 is 0 Å². The Morgan fingerprint density at radius 1 is 0.508 bits per heavy atom. The van der Waals surface area contributed by atoms with Crippen molar-refractivity contribution in [2.75, 3.05) is 13.2 Å². The van der Waals surface area contributed by atoms with Crippen LogP contribution in [0.2, 0.25) is 0 Å². The molecule has 0 amide bonds. The fourth-order valence-electron chi connectivity index (χ4n) is 7.28. The number of carbonyl (C=O) groups is 2. The Morgan fingerprint density at radius 2 is 0.864 bits per heavy atom. The quantitative estimate of drug-likeness (QED) is 0.0148. The standard InChI is InChI=1S/C45H85O13P/c1-3-5-7-9-11-13-15-17-19-20-22-24-26-28-30-32-34-39(47)57-37(36-56-59(53,54)58-45-43(51)41(49)40(48)42(50)44(45)52)35-55-38(46)33-31-29-27-25-23-21-18-16-14-12-10-8-6-4-2/h19-20,37,40-45,48-52H,3-18,21-36H2,1-2H3,(H,53,54)/b20-19-. The molecule has 14 heteroatoms. The van der Waals surface area contributed by atoms with Crippen molar-refractivity contribution in [2.24, 2.45) is 0 Å². The van der Waals surface area contributed by atoms with Crippen LogP contribution in [0.25, 0.3) is 0 Å². The number of phosphoric acid groups is 1. The Kier molecular flexibility index (Phi) is 34.0. The van der Waals surface area contributed by atoms with Gasteiger partial charge in [-0.2, -0.15) is 0 Å². The molecule has 6 unspecified atom stereocenters. The summed E-state index contributed by atoms with van der Waals surface area (Å²) in [5.74, 6) is -1.10. The number of unbranched alkanes of at least 4 members (excludes halogenated alkanes) is 25. The molecule has 0 aromatic rings. The van der Waals surface area contributed by atoms with Gasteiger partial charge < -0.3 is 39.9 Å². The summed E-state index contributed by atoms with van der Waals surface area (Å²) in [5.41, 5.74) is 0. The minimum atomic E-state index is -5.11. The van der Waals surface area contributed by atoms with Crippen LogP contribution in [0, 0.1) is 0 Å². The molecule has 6 N–H and O–H groups in total. The molecule has 1 rings (SSSR count). The number of ether oxygens (including phenoxy) is 2. The van der Waals surface area contributed by atoms with Gasteiger partial charge in [-0.15, -0.1) is 0 Å². The summed E-state index contributed by atoms with van der Waals surface area (Å²) >= 11 is 0. The Labute approximate surface area is 356 Å². The van der Waals surface area contributed by atoms with E-state index in [2.05, 4.69) is 26.0 Å². The van der Waals surface area contributed by atoms with E-state index in [1.807, 2.05) is 0 Å². The highest BCUT2D eigenvalue weighted by molar-refractivity contribution is 7.47. The van der Waals surface area contributed by atoms with Crippen molar-refractivity contribution in [3.63, 3.8) is 0 Å². The van der Waals surface area contributed by atoms with E-state index in [4.69, 9.17) is 18.5 Å². The van der Waals surface area contributed by atoms with E-state index in [9.17, 15) is 44.6 Å². The van der Waals surface area contributed by atoms with Crippen molar-refractivity contribution in [1.82, 2.24) is 0 Å². The van der Waals surface area contributed by atoms with Crippen molar-refractivity contribution in [2.45, 2.75) is 249 Å². The van der Waals surface area contributed by atoms with Crippen molar-refractivity contribution in [1.29, 1.82) is 0 Å². The summed E-state index contributed by atoms with van der Waals surface area (Å²) in [5, 5.41) is 50.1. The molecule has 1 saturated carbocycles. The van der Waals surface area contributed by atoms with E-state index in [-0.39, 0.29) is 12.8 Å². The van der Waals surface area contributed by atoms with Gasteiger partial charge in [-0.3, -0.25) is 18.6 Å². The number of aliphatic hydroxyl groups is 5. The largest absolute Gasteiger partial charge is 0.472 e. The zero-order chi connectivity index (χ0) is 43.6. The molecule has 0 spiro atoms. The molecule has 0 radical (unpaired) electrons. The highest BCUT2D eigenvalue weighted by atomic mass is 31.2. The minimum Gasteiger partial charge on any atom is -0.462 e. The second-order valence-corrected chi connectivity index (χ2v) is 18.0. The predicted molar refractivity (Wildman–Crippen MR) is 231 cm³/mol. The molecule has 1 fully saturated rings. The monoisotopic (exact) mass is 865 g/mol. The van der Waals surface area contributed by atoms with E-state index in [0.717, 1.165) is 57.8 Å². The van der Waals surface area contributed by atoms with Gasteiger partial charge in [0.1, 0.15) is 43.2 Å². The second-order valence-electron chi connectivity index (χ2n) is 16.6. The van der Waals surface area contributed by atoms with Gasteiger partial charge in [0, 0.05) is 12.8 Å². The SMILES string of the molecule is CCCCCCCCC/C=C\CCCCCCCC(=O)OC(COC(=O)CCCCCCCCCCCCCCCC)COP(=O)(O)OC1C(O)C(O)C(O)C(O)C1O. The van der Waals surface area contributed by atoms with Crippen molar-refractivity contribution in [3.8, 4) is 0 Å². The Balaban J connectivity index is 2.45. The van der Waals surface area contributed by atoms with Crippen molar-refractivity contribution < 1.29 is 63.1 Å². The summed E-state index contributed by atoms with van der Waals surface area (Å²) in [6, 6.07) is 0. The predicted octanol–water partition coefficient (Wildman–Crippen LogP) is 9.06. The van der Waals surface area contributed by atoms with E-state index in [1.165, 1.54) is 109 Å². The van der Waals surface area contributed by atoms with Gasteiger partial charge in [0.05, 0.1) is 6.61 Å².